The third-order valence-corrected chi connectivity index (χ3v) is 8.84. The monoisotopic (exact) mass is 558 g/mol. The fraction of sp³-hybridized carbons (Fsp3) is 0.194. The molecule has 0 radical (unpaired) electrons. The van der Waals surface area contributed by atoms with Gasteiger partial charge in [-0.3, -0.25) is 0 Å². The predicted molar refractivity (Wildman–Crippen MR) is 157 cm³/mol. The Morgan fingerprint density at radius 2 is 1.68 bits per heavy atom. The van der Waals surface area contributed by atoms with Crippen molar-refractivity contribution in [2.75, 3.05) is 13.2 Å². The van der Waals surface area contributed by atoms with Gasteiger partial charge in [-0.1, -0.05) is 71.4 Å². The first-order valence-corrected chi connectivity index (χ1v) is 14.4. The number of rotatable bonds is 3. The van der Waals surface area contributed by atoms with Crippen LogP contribution in [0.3, 0.4) is 0 Å². The molecule has 3 aromatic rings. The summed E-state index contributed by atoms with van der Waals surface area (Å²) in [4.78, 5) is 7.61. The highest BCUT2D eigenvalue weighted by Crippen LogP contribution is 2.52. The minimum absolute atomic E-state index is 0.0596. The Hall–Kier alpha value is -3.12. The maximum atomic E-state index is 6.87. The minimum atomic E-state index is -0.0596. The van der Waals surface area contributed by atoms with E-state index in [1.54, 1.807) is 11.8 Å². The van der Waals surface area contributed by atoms with E-state index in [2.05, 4.69) is 46.7 Å². The summed E-state index contributed by atoms with van der Waals surface area (Å²) in [6.45, 7) is 1.13. The van der Waals surface area contributed by atoms with Crippen molar-refractivity contribution >= 4 is 51.9 Å². The van der Waals surface area contributed by atoms with E-state index in [1.807, 2.05) is 36.4 Å². The van der Waals surface area contributed by atoms with Gasteiger partial charge in [-0.25, -0.2) is 4.99 Å². The molecule has 0 saturated carbocycles. The van der Waals surface area contributed by atoms with Gasteiger partial charge in [0.05, 0.1) is 17.4 Å². The van der Waals surface area contributed by atoms with Gasteiger partial charge in [0, 0.05) is 21.0 Å². The van der Waals surface area contributed by atoms with Gasteiger partial charge in [0.15, 0.2) is 16.7 Å². The lowest BCUT2D eigenvalue weighted by atomic mass is 9.82. The second kappa shape index (κ2) is 9.88. The van der Waals surface area contributed by atoms with Crippen LogP contribution in [0.2, 0.25) is 10.0 Å². The third kappa shape index (κ3) is 4.14. The molecule has 1 unspecified atom stereocenters. The summed E-state index contributed by atoms with van der Waals surface area (Å²) in [5.41, 5.74) is 7.83. The summed E-state index contributed by atoms with van der Waals surface area (Å²) < 4.78 is 11.7. The number of halogens is 2. The van der Waals surface area contributed by atoms with E-state index in [0.29, 0.717) is 13.2 Å². The van der Waals surface area contributed by atoms with Crippen LogP contribution in [0.25, 0.3) is 11.8 Å². The topological polar surface area (TPSA) is 34.1 Å². The molecular weight excluding hydrogens is 535 g/mol. The molecule has 3 heterocycles. The molecule has 0 aromatic heterocycles. The van der Waals surface area contributed by atoms with Crippen molar-refractivity contribution in [3.8, 4) is 11.5 Å². The highest BCUT2D eigenvalue weighted by Gasteiger charge is 2.41. The Morgan fingerprint density at radius 3 is 2.53 bits per heavy atom. The number of allylic oxidation sites excluding steroid dienone is 1. The van der Waals surface area contributed by atoms with Crippen LogP contribution in [-0.4, -0.2) is 23.3 Å². The molecule has 0 bridgehead atoms. The molecule has 1 atom stereocenters. The number of fused-ring (bicyclic) bond motifs is 2. The number of benzene rings is 3. The summed E-state index contributed by atoms with van der Waals surface area (Å²) >= 11 is 15.1. The van der Waals surface area contributed by atoms with Crippen molar-refractivity contribution < 1.29 is 9.47 Å². The van der Waals surface area contributed by atoms with E-state index in [0.717, 1.165) is 74.1 Å². The van der Waals surface area contributed by atoms with Gasteiger partial charge in [0.25, 0.3) is 0 Å². The molecule has 4 nitrogen and oxygen atoms in total. The van der Waals surface area contributed by atoms with Crippen LogP contribution in [-0.2, 0) is 0 Å². The maximum Gasteiger partial charge on any atom is 0.174 e. The van der Waals surface area contributed by atoms with Gasteiger partial charge in [0.1, 0.15) is 13.2 Å². The lowest BCUT2D eigenvalue weighted by molar-refractivity contribution is 0.171. The van der Waals surface area contributed by atoms with Crippen LogP contribution in [0, 0.1) is 0 Å². The van der Waals surface area contributed by atoms with Gasteiger partial charge in [-0.15, -0.1) is 0 Å². The maximum absolute atomic E-state index is 6.87. The van der Waals surface area contributed by atoms with Crippen LogP contribution in [0.1, 0.15) is 42.0 Å². The Balaban J connectivity index is 1.37. The Bertz CT molecular complexity index is 1580. The summed E-state index contributed by atoms with van der Waals surface area (Å²) in [7, 11) is 0. The smallest absolute Gasteiger partial charge is 0.174 e. The average molecular weight is 560 g/mol. The van der Waals surface area contributed by atoms with E-state index in [9.17, 15) is 0 Å². The lowest BCUT2D eigenvalue weighted by Crippen LogP contribution is -2.35. The van der Waals surface area contributed by atoms with Gasteiger partial charge >= 0.3 is 0 Å². The van der Waals surface area contributed by atoms with Crippen LogP contribution >= 0.6 is 35.0 Å². The standard InChI is InChI=1S/C31H24Cl2N2O2S/c32-24-10-3-1-6-19(24)16-21-7-5-9-23-29(21)34-31-35(30(23)22-8-2-4-11-25(22)33)26(18-38-31)20-12-13-27-28(17-20)37-15-14-36-27/h1-4,6,8,10-13,16-18,30H,5,7,9,14-15H2/b21-16+. The third-order valence-electron chi connectivity index (χ3n) is 7.31. The summed E-state index contributed by atoms with van der Waals surface area (Å²) in [6, 6.07) is 22.2. The summed E-state index contributed by atoms with van der Waals surface area (Å²) in [5.74, 6) is 1.56. The number of hydrogen-bond donors (Lipinski definition) is 0. The number of amidine groups is 1. The molecule has 3 aromatic carbocycles. The fourth-order valence-corrected chi connectivity index (χ4v) is 6.94. The summed E-state index contributed by atoms with van der Waals surface area (Å²) in [5, 5.41) is 4.64. The van der Waals surface area contributed by atoms with Crippen molar-refractivity contribution in [3.05, 3.63) is 116 Å². The molecule has 3 aliphatic heterocycles. The van der Waals surface area contributed by atoms with Crippen molar-refractivity contribution in [2.45, 2.75) is 25.3 Å². The first kappa shape index (κ1) is 24.0. The number of nitrogens with zero attached hydrogens (tertiary/aromatic N) is 2. The van der Waals surface area contributed by atoms with Crippen LogP contribution in [0.5, 0.6) is 11.5 Å². The van der Waals surface area contributed by atoms with Crippen molar-refractivity contribution in [2.24, 2.45) is 4.99 Å². The molecule has 0 spiro atoms. The van der Waals surface area contributed by atoms with Crippen LogP contribution in [0.4, 0.5) is 0 Å². The van der Waals surface area contributed by atoms with Crippen LogP contribution < -0.4 is 9.47 Å². The number of thioether (sulfide) groups is 1. The Kier molecular flexibility index (Phi) is 6.23. The molecule has 38 heavy (non-hydrogen) atoms. The van der Waals surface area contributed by atoms with Crippen molar-refractivity contribution in [1.82, 2.24) is 4.90 Å². The van der Waals surface area contributed by atoms with Gasteiger partial charge in [0.2, 0.25) is 0 Å². The second-order valence-corrected chi connectivity index (χ2v) is 11.2. The zero-order valence-corrected chi connectivity index (χ0v) is 22.8. The largest absolute Gasteiger partial charge is 0.486 e. The molecule has 1 aliphatic carbocycles. The molecule has 0 fully saturated rings. The SMILES string of the molecule is Clc1ccccc1/C=C1\CCCC2=C1N=C1SC=C(c3ccc4c(c3)OCCO4)N1C2c1ccccc1Cl. The second-order valence-electron chi connectivity index (χ2n) is 9.59. The normalized spacial score (nSPS) is 21.2. The van der Waals surface area contributed by atoms with E-state index in [1.165, 1.54) is 11.1 Å². The Labute approximate surface area is 236 Å². The number of aliphatic imine (C=N–C) groups is 1. The zero-order valence-electron chi connectivity index (χ0n) is 20.5. The predicted octanol–water partition coefficient (Wildman–Crippen LogP) is 8.74. The molecule has 7 heteroatoms. The minimum Gasteiger partial charge on any atom is -0.486 e. The Morgan fingerprint density at radius 1 is 0.895 bits per heavy atom. The quantitative estimate of drug-likeness (QED) is 0.321. The van der Waals surface area contributed by atoms with Gasteiger partial charge in [-0.05, 0) is 77.9 Å². The molecule has 7 rings (SSSR count). The number of hydrogen-bond acceptors (Lipinski definition) is 5. The zero-order chi connectivity index (χ0) is 25.6. The molecule has 0 N–H and O–H groups in total. The van der Waals surface area contributed by atoms with Gasteiger partial charge < -0.3 is 14.4 Å². The highest BCUT2D eigenvalue weighted by atomic mass is 35.5. The van der Waals surface area contributed by atoms with E-state index < -0.39 is 0 Å². The molecule has 0 saturated heterocycles. The molecular formula is C31H24Cl2N2O2S. The van der Waals surface area contributed by atoms with Crippen molar-refractivity contribution in [3.63, 3.8) is 0 Å². The summed E-state index contributed by atoms with van der Waals surface area (Å²) in [6.07, 6.45) is 5.17. The van der Waals surface area contributed by atoms with Crippen molar-refractivity contribution in [1.29, 1.82) is 0 Å². The van der Waals surface area contributed by atoms with E-state index in [4.69, 9.17) is 37.7 Å². The number of ether oxygens (including phenoxy) is 2. The first-order valence-electron chi connectivity index (χ1n) is 12.7. The molecule has 4 aliphatic rings. The lowest BCUT2D eigenvalue weighted by Gasteiger charge is -2.40. The molecule has 190 valence electrons. The first-order chi connectivity index (χ1) is 18.7. The molecule has 0 amide bonds. The fourth-order valence-electron chi connectivity index (χ4n) is 5.58. The van der Waals surface area contributed by atoms with E-state index >= 15 is 0 Å². The van der Waals surface area contributed by atoms with E-state index in [-0.39, 0.29) is 6.04 Å². The highest BCUT2D eigenvalue weighted by molar-refractivity contribution is 8.16. The average Bonchev–Trinajstić information content (AvgIpc) is 3.37. The van der Waals surface area contributed by atoms with Crippen LogP contribution in [0.15, 0.2) is 94.0 Å². The van der Waals surface area contributed by atoms with Gasteiger partial charge in [-0.2, -0.15) is 0 Å².